The molecule has 0 N–H and O–H groups in total. The summed E-state index contributed by atoms with van der Waals surface area (Å²) in [5, 5.41) is 3.88. The van der Waals surface area contributed by atoms with E-state index < -0.39 is 27.5 Å². The van der Waals surface area contributed by atoms with Crippen molar-refractivity contribution in [3.63, 3.8) is 0 Å². The van der Waals surface area contributed by atoms with Crippen LogP contribution in [0.3, 0.4) is 0 Å². The Kier molecular flexibility index (Phi) is 7.26. The minimum absolute atomic E-state index is 0.0337. The van der Waals surface area contributed by atoms with Gasteiger partial charge in [-0.25, -0.2) is 17.5 Å². The molecule has 3 aromatic carbocycles. The van der Waals surface area contributed by atoms with Crippen LogP contribution < -0.4 is 0 Å². The zero-order valence-electron chi connectivity index (χ0n) is 18.6. The average Bonchev–Trinajstić information content (AvgIpc) is 3.22. The molecule has 0 aliphatic carbocycles. The molecule has 34 heavy (non-hydrogen) atoms. The molecular weight excluding hydrogens is 468 g/mol. The number of hydrogen-bond donors (Lipinski definition) is 0. The van der Waals surface area contributed by atoms with Crippen LogP contribution in [0.4, 0.5) is 17.6 Å². The van der Waals surface area contributed by atoms with Gasteiger partial charge in [-0.3, -0.25) is 0 Å². The van der Waals surface area contributed by atoms with Crippen molar-refractivity contribution >= 4 is 9.84 Å². The predicted molar refractivity (Wildman–Crippen MR) is 124 cm³/mol. The van der Waals surface area contributed by atoms with E-state index in [4.69, 9.17) is 0 Å². The Morgan fingerprint density at radius 2 is 1.32 bits per heavy atom. The second kappa shape index (κ2) is 9.80. The third kappa shape index (κ3) is 5.20. The van der Waals surface area contributed by atoms with E-state index in [2.05, 4.69) is 5.10 Å². The molecule has 178 valence electrons. The Bertz CT molecular complexity index is 1360. The van der Waals surface area contributed by atoms with Gasteiger partial charge in [0.05, 0.1) is 16.3 Å². The lowest BCUT2D eigenvalue weighted by Crippen LogP contribution is -2.08. The maximum atomic E-state index is 14.0. The van der Waals surface area contributed by atoms with Gasteiger partial charge in [-0.05, 0) is 42.0 Å². The van der Waals surface area contributed by atoms with Gasteiger partial charge >= 0.3 is 6.18 Å². The zero-order chi connectivity index (χ0) is 25.1. The summed E-state index contributed by atoms with van der Waals surface area (Å²) < 4.78 is 80.4. The Hall–Kier alpha value is -3.46. The molecule has 1 heterocycles. The molecule has 4 rings (SSSR count). The van der Waals surface area contributed by atoms with E-state index >= 15 is 0 Å². The SMILES string of the molecule is CC.CS(=O)(=O)c1ccc(-c2c(-c3ccc(F)cc3)c(C(F)(F)F)nn2-c2ccccc2)cc1. The zero-order valence-corrected chi connectivity index (χ0v) is 19.5. The molecular formula is C25H22F4N2O2S. The summed E-state index contributed by atoms with van der Waals surface area (Å²) in [6, 6.07) is 18.4. The van der Waals surface area contributed by atoms with E-state index in [9.17, 15) is 26.0 Å². The second-order valence-corrected chi connectivity index (χ2v) is 9.14. The van der Waals surface area contributed by atoms with Gasteiger partial charge in [0.15, 0.2) is 15.5 Å². The highest BCUT2D eigenvalue weighted by atomic mass is 32.2. The van der Waals surface area contributed by atoms with Crippen molar-refractivity contribution in [1.82, 2.24) is 9.78 Å². The highest BCUT2D eigenvalue weighted by molar-refractivity contribution is 7.90. The van der Waals surface area contributed by atoms with E-state index in [0.717, 1.165) is 23.1 Å². The van der Waals surface area contributed by atoms with Gasteiger partial charge in [0.1, 0.15) is 5.82 Å². The first-order valence-electron chi connectivity index (χ1n) is 10.4. The Labute approximate surface area is 195 Å². The lowest BCUT2D eigenvalue weighted by atomic mass is 9.98. The smallest absolute Gasteiger partial charge is 0.232 e. The molecule has 0 fully saturated rings. The number of alkyl halides is 3. The molecule has 0 saturated carbocycles. The van der Waals surface area contributed by atoms with Crippen LogP contribution in [0.2, 0.25) is 0 Å². The molecule has 0 unspecified atom stereocenters. The minimum Gasteiger partial charge on any atom is -0.232 e. The van der Waals surface area contributed by atoms with E-state index in [-0.39, 0.29) is 21.7 Å². The lowest BCUT2D eigenvalue weighted by Gasteiger charge is -2.12. The number of nitrogens with zero attached hydrogens (tertiary/aromatic N) is 2. The molecule has 0 amide bonds. The van der Waals surface area contributed by atoms with E-state index in [1.54, 1.807) is 30.3 Å². The van der Waals surface area contributed by atoms with Crippen molar-refractivity contribution < 1.29 is 26.0 Å². The van der Waals surface area contributed by atoms with Crippen LogP contribution in [0.15, 0.2) is 83.8 Å². The quantitative estimate of drug-likeness (QED) is 0.296. The predicted octanol–water partition coefficient (Wildman–Crippen LogP) is 6.79. The summed E-state index contributed by atoms with van der Waals surface area (Å²) in [6.45, 7) is 4.00. The Balaban J connectivity index is 0.00000158. The van der Waals surface area contributed by atoms with Gasteiger partial charge < -0.3 is 0 Å². The van der Waals surface area contributed by atoms with Crippen molar-refractivity contribution in [3.05, 3.63) is 90.4 Å². The van der Waals surface area contributed by atoms with Gasteiger partial charge in [-0.2, -0.15) is 18.3 Å². The third-order valence-electron chi connectivity index (χ3n) is 4.84. The maximum Gasteiger partial charge on any atom is 0.435 e. The summed E-state index contributed by atoms with van der Waals surface area (Å²) >= 11 is 0. The lowest BCUT2D eigenvalue weighted by molar-refractivity contribution is -0.140. The Morgan fingerprint density at radius 3 is 1.82 bits per heavy atom. The first-order chi connectivity index (χ1) is 16.1. The number of benzene rings is 3. The topological polar surface area (TPSA) is 52.0 Å². The fourth-order valence-corrected chi connectivity index (χ4v) is 4.02. The number of halogens is 4. The third-order valence-corrected chi connectivity index (χ3v) is 5.97. The van der Waals surface area contributed by atoms with Crippen LogP contribution in [0.25, 0.3) is 28.1 Å². The molecule has 0 spiro atoms. The van der Waals surface area contributed by atoms with E-state index in [1.807, 2.05) is 13.8 Å². The van der Waals surface area contributed by atoms with Gasteiger partial charge in [-0.1, -0.05) is 56.3 Å². The molecule has 0 aliphatic heterocycles. The van der Waals surface area contributed by atoms with Gasteiger partial charge in [0.2, 0.25) is 0 Å². The van der Waals surface area contributed by atoms with Gasteiger partial charge in [0.25, 0.3) is 0 Å². The molecule has 0 saturated heterocycles. The largest absolute Gasteiger partial charge is 0.435 e. The van der Waals surface area contributed by atoms with Crippen molar-refractivity contribution in [2.75, 3.05) is 6.26 Å². The number of rotatable bonds is 4. The van der Waals surface area contributed by atoms with Crippen molar-refractivity contribution in [3.8, 4) is 28.1 Å². The van der Waals surface area contributed by atoms with Crippen molar-refractivity contribution in [1.29, 1.82) is 0 Å². The van der Waals surface area contributed by atoms with Gasteiger partial charge in [0, 0.05) is 17.4 Å². The minimum atomic E-state index is -4.79. The summed E-state index contributed by atoms with van der Waals surface area (Å²) in [5.41, 5.74) is -0.418. The molecule has 0 radical (unpaired) electrons. The molecule has 4 nitrogen and oxygen atoms in total. The first-order valence-corrected chi connectivity index (χ1v) is 12.3. The fraction of sp³-hybridized carbons (Fsp3) is 0.160. The fourth-order valence-electron chi connectivity index (χ4n) is 3.39. The van der Waals surface area contributed by atoms with Crippen LogP contribution >= 0.6 is 0 Å². The van der Waals surface area contributed by atoms with Crippen LogP contribution in [0.1, 0.15) is 19.5 Å². The molecule has 0 aliphatic rings. The number of aromatic nitrogens is 2. The summed E-state index contributed by atoms with van der Waals surface area (Å²) in [6.07, 6.45) is -3.74. The summed E-state index contributed by atoms with van der Waals surface area (Å²) in [5.74, 6) is -0.586. The number of para-hydroxylation sites is 1. The van der Waals surface area contributed by atoms with Crippen LogP contribution in [-0.2, 0) is 16.0 Å². The summed E-state index contributed by atoms with van der Waals surface area (Å²) in [7, 11) is -3.49. The van der Waals surface area contributed by atoms with Crippen LogP contribution in [0, 0.1) is 5.82 Å². The van der Waals surface area contributed by atoms with Crippen molar-refractivity contribution in [2.24, 2.45) is 0 Å². The maximum absolute atomic E-state index is 14.0. The standard InChI is InChI=1S/C23H16F4N2O2S.C2H6/c1-32(30,31)19-13-9-16(10-14-19)21-20(15-7-11-17(24)12-8-15)22(23(25,26)27)28-29(21)18-5-3-2-4-6-18;1-2/h2-14H,1H3;1-2H3. The monoisotopic (exact) mass is 490 g/mol. The van der Waals surface area contributed by atoms with Crippen LogP contribution in [0.5, 0.6) is 0 Å². The molecule has 9 heteroatoms. The van der Waals surface area contributed by atoms with E-state index in [0.29, 0.717) is 11.3 Å². The normalized spacial score (nSPS) is 11.6. The molecule has 0 bridgehead atoms. The molecule has 4 aromatic rings. The van der Waals surface area contributed by atoms with Gasteiger partial charge in [-0.15, -0.1) is 0 Å². The highest BCUT2D eigenvalue weighted by Gasteiger charge is 2.40. The average molecular weight is 491 g/mol. The number of hydrogen-bond acceptors (Lipinski definition) is 3. The number of sulfone groups is 1. The molecule has 1 aromatic heterocycles. The summed E-state index contributed by atoms with van der Waals surface area (Å²) in [4.78, 5) is 0.0337. The molecule has 0 atom stereocenters. The highest BCUT2D eigenvalue weighted by Crippen LogP contribution is 2.43. The second-order valence-electron chi connectivity index (χ2n) is 7.12. The van der Waals surface area contributed by atoms with Crippen molar-refractivity contribution in [2.45, 2.75) is 24.9 Å². The van der Waals surface area contributed by atoms with Crippen LogP contribution in [-0.4, -0.2) is 24.5 Å². The Morgan fingerprint density at radius 1 is 0.794 bits per heavy atom. The van der Waals surface area contributed by atoms with E-state index in [1.165, 1.54) is 36.4 Å². The first kappa shape index (κ1) is 25.2.